The summed E-state index contributed by atoms with van der Waals surface area (Å²) < 4.78 is 5.27. The van der Waals surface area contributed by atoms with Crippen LogP contribution >= 0.6 is 23.2 Å². The molecule has 0 aliphatic carbocycles. The Balaban J connectivity index is 2.22. The number of nitrogens with zero attached hydrogens (tertiary/aromatic N) is 1. The van der Waals surface area contributed by atoms with E-state index in [1.807, 2.05) is 13.8 Å². The molecule has 1 atom stereocenters. The number of benzene rings is 1. The number of amides is 2. The minimum Gasteiger partial charge on any atom is -0.367 e. The van der Waals surface area contributed by atoms with Crippen LogP contribution in [-0.2, 0) is 19.7 Å². The molecule has 22 heavy (non-hydrogen) atoms. The van der Waals surface area contributed by atoms with Crippen LogP contribution in [0.25, 0.3) is 0 Å². The third-order valence-corrected chi connectivity index (χ3v) is 4.59. The Morgan fingerprint density at radius 2 is 2.00 bits per heavy atom. The monoisotopic (exact) mass is 344 g/mol. The number of halogens is 2. The second kappa shape index (κ2) is 6.44. The van der Waals surface area contributed by atoms with Gasteiger partial charge in [-0.25, -0.2) is 0 Å². The third-order valence-electron chi connectivity index (χ3n) is 3.85. The van der Waals surface area contributed by atoms with E-state index < -0.39 is 17.4 Å². The third kappa shape index (κ3) is 3.37. The molecule has 0 bridgehead atoms. The Morgan fingerprint density at radius 1 is 1.32 bits per heavy atom. The van der Waals surface area contributed by atoms with E-state index in [1.165, 1.54) is 0 Å². The van der Waals surface area contributed by atoms with Crippen LogP contribution in [0, 0.1) is 0 Å². The van der Waals surface area contributed by atoms with E-state index in [9.17, 15) is 9.59 Å². The number of nitrogens with two attached hydrogens (primary N) is 1. The first-order valence-corrected chi connectivity index (χ1v) is 7.65. The lowest BCUT2D eigenvalue weighted by atomic mass is 9.83. The number of ether oxygens (including phenoxy) is 1. The first kappa shape index (κ1) is 17.1. The topological polar surface area (TPSA) is 72.6 Å². The Labute approximate surface area is 139 Å². The Hall–Kier alpha value is -1.30. The first-order valence-electron chi connectivity index (χ1n) is 6.89. The zero-order chi connectivity index (χ0) is 16.5. The summed E-state index contributed by atoms with van der Waals surface area (Å²) in [7, 11) is 0. The lowest BCUT2D eigenvalue weighted by Gasteiger charge is -2.37. The molecule has 0 spiro atoms. The van der Waals surface area contributed by atoms with Crippen LogP contribution in [0.2, 0.25) is 10.0 Å². The highest BCUT2D eigenvalue weighted by Crippen LogP contribution is 2.31. The largest absolute Gasteiger partial charge is 0.367 e. The molecule has 2 amide bonds. The maximum Gasteiger partial charge on any atom is 0.248 e. The molecule has 0 saturated carbocycles. The lowest BCUT2D eigenvalue weighted by Crippen LogP contribution is -2.54. The van der Waals surface area contributed by atoms with Gasteiger partial charge < -0.3 is 15.4 Å². The van der Waals surface area contributed by atoms with Crippen molar-refractivity contribution in [3.8, 4) is 0 Å². The summed E-state index contributed by atoms with van der Waals surface area (Å²) in [4.78, 5) is 25.7. The number of primary amides is 1. The van der Waals surface area contributed by atoms with Crippen molar-refractivity contribution in [3.63, 3.8) is 0 Å². The quantitative estimate of drug-likeness (QED) is 0.911. The number of hydrogen-bond donors (Lipinski definition) is 1. The summed E-state index contributed by atoms with van der Waals surface area (Å²) in [6.45, 7) is 4.50. The van der Waals surface area contributed by atoms with Gasteiger partial charge in [-0.2, -0.15) is 0 Å². The van der Waals surface area contributed by atoms with E-state index in [1.54, 1.807) is 23.1 Å². The van der Waals surface area contributed by atoms with Gasteiger partial charge in [0.05, 0.1) is 28.6 Å². The maximum absolute atomic E-state index is 12.8. The summed E-state index contributed by atoms with van der Waals surface area (Å²) in [5.41, 5.74) is 5.21. The molecule has 1 unspecified atom stereocenters. The van der Waals surface area contributed by atoms with Crippen molar-refractivity contribution in [2.45, 2.75) is 25.4 Å². The van der Waals surface area contributed by atoms with Crippen molar-refractivity contribution in [2.24, 2.45) is 5.73 Å². The van der Waals surface area contributed by atoms with Crippen molar-refractivity contribution >= 4 is 35.0 Å². The molecule has 1 saturated heterocycles. The number of carbonyl (C=O) groups is 2. The summed E-state index contributed by atoms with van der Waals surface area (Å²) in [6.07, 6.45) is -0.762. The highest BCUT2D eigenvalue weighted by Gasteiger charge is 2.37. The highest BCUT2D eigenvalue weighted by atomic mass is 35.5. The molecular formula is C15H18Cl2N2O3. The minimum absolute atomic E-state index is 0.111. The molecule has 7 heteroatoms. The van der Waals surface area contributed by atoms with Crippen LogP contribution in [-0.4, -0.2) is 42.5 Å². The van der Waals surface area contributed by atoms with Gasteiger partial charge >= 0.3 is 0 Å². The van der Waals surface area contributed by atoms with Crippen LogP contribution in [0.3, 0.4) is 0 Å². The molecule has 0 radical (unpaired) electrons. The smallest absolute Gasteiger partial charge is 0.248 e. The van der Waals surface area contributed by atoms with Gasteiger partial charge in [-0.15, -0.1) is 0 Å². The molecule has 0 aromatic heterocycles. The van der Waals surface area contributed by atoms with E-state index in [0.717, 1.165) is 5.56 Å². The maximum atomic E-state index is 12.8. The van der Waals surface area contributed by atoms with E-state index in [-0.39, 0.29) is 19.1 Å². The Kier molecular flexibility index (Phi) is 5.00. The zero-order valence-corrected chi connectivity index (χ0v) is 13.9. The molecule has 2 rings (SSSR count). The molecule has 1 heterocycles. The summed E-state index contributed by atoms with van der Waals surface area (Å²) in [5, 5.41) is 0.839. The molecule has 2 N–H and O–H groups in total. The van der Waals surface area contributed by atoms with Crippen LogP contribution < -0.4 is 5.73 Å². The number of rotatable bonds is 3. The Morgan fingerprint density at radius 3 is 2.59 bits per heavy atom. The van der Waals surface area contributed by atoms with Crippen LogP contribution in [0.4, 0.5) is 0 Å². The average Bonchev–Trinajstić information content (AvgIpc) is 2.49. The van der Waals surface area contributed by atoms with Crippen LogP contribution in [0.1, 0.15) is 19.4 Å². The second-order valence-electron chi connectivity index (χ2n) is 5.77. The minimum atomic E-state index is -0.798. The number of hydrogen-bond acceptors (Lipinski definition) is 3. The van der Waals surface area contributed by atoms with Gasteiger partial charge in [-0.05, 0) is 31.5 Å². The number of carbonyl (C=O) groups excluding carboxylic acids is 2. The van der Waals surface area contributed by atoms with Crippen molar-refractivity contribution in [1.29, 1.82) is 0 Å². The van der Waals surface area contributed by atoms with Gasteiger partial charge in [0.2, 0.25) is 11.8 Å². The molecule has 1 aliphatic rings. The molecule has 1 fully saturated rings. The first-order chi connectivity index (χ1) is 10.2. The van der Waals surface area contributed by atoms with E-state index in [0.29, 0.717) is 16.6 Å². The SMILES string of the molecule is CC(C)(C(=O)N1CCOC(C(N)=O)C1)c1ccc(Cl)c(Cl)c1. The standard InChI is InChI=1S/C15H18Cl2N2O3/c1-15(2,9-3-4-10(16)11(17)7-9)14(21)19-5-6-22-12(8-19)13(18)20/h3-4,7,12H,5-6,8H2,1-2H3,(H2,18,20). The fourth-order valence-electron chi connectivity index (χ4n) is 2.41. The summed E-state index contributed by atoms with van der Waals surface area (Å²) >= 11 is 12.0. The van der Waals surface area contributed by atoms with Crippen molar-refractivity contribution in [3.05, 3.63) is 33.8 Å². The normalized spacial score (nSPS) is 19.1. The van der Waals surface area contributed by atoms with Gasteiger partial charge in [0.15, 0.2) is 6.10 Å². The Bertz CT molecular complexity index is 604. The fraction of sp³-hybridized carbons (Fsp3) is 0.467. The van der Waals surface area contributed by atoms with Gasteiger partial charge in [0.1, 0.15) is 0 Å². The van der Waals surface area contributed by atoms with Gasteiger partial charge in [-0.1, -0.05) is 29.3 Å². The summed E-state index contributed by atoms with van der Waals surface area (Å²) in [6, 6.07) is 5.13. The molecule has 1 aromatic carbocycles. The average molecular weight is 345 g/mol. The molecule has 120 valence electrons. The fourth-order valence-corrected chi connectivity index (χ4v) is 2.71. The van der Waals surface area contributed by atoms with Crippen molar-refractivity contribution in [2.75, 3.05) is 19.7 Å². The van der Waals surface area contributed by atoms with Gasteiger partial charge in [0, 0.05) is 6.54 Å². The van der Waals surface area contributed by atoms with E-state index in [4.69, 9.17) is 33.7 Å². The van der Waals surface area contributed by atoms with E-state index in [2.05, 4.69) is 0 Å². The second-order valence-corrected chi connectivity index (χ2v) is 6.58. The zero-order valence-electron chi connectivity index (χ0n) is 12.4. The molecule has 1 aliphatic heterocycles. The lowest BCUT2D eigenvalue weighted by molar-refractivity contribution is -0.148. The number of morpholine rings is 1. The van der Waals surface area contributed by atoms with Gasteiger partial charge in [-0.3, -0.25) is 9.59 Å². The van der Waals surface area contributed by atoms with E-state index >= 15 is 0 Å². The predicted octanol–water partition coefficient (Wildman–Crippen LogP) is 1.98. The van der Waals surface area contributed by atoms with Crippen molar-refractivity contribution in [1.82, 2.24) is 4.90 Å². The molecular weight excluding hydrogens is 327 g/mol. The van der Waals surface area contributed by atoms with Crippen LogP contribution in [0.5, 0.6) is 0 Å². The van der Waals surface area contributed by atoms with Gasteiger partial charge in [0.25, 0.3) is 0 Å². The highest BCUT2D eigenvalue weighted by molar-refractivity contribution is 6.42. The molecule has 5 nitrogen and oxygen atoms in total. The van der Waals surface area contributed by atoms with Crippen LogP contribution in [0.15, 0.2) is 18.2 Å². The molecule has 1 aromatic rings. The summed E-state index contributed by atoms with van der Waals surface area (Å²) in [5.74, 6) is -0.676. The van der Waals surface area contributed by atoms with Crippen molar-refractivity contribution < 1.29 is 14.3 Å². The predicted molar refractivity (Wildman–Crippen MR) is 85.0 cm³/mol.